The average Bonchev–Trinajstić information content (AvgIpc) is 3.48. The van der Waals surface area contributed by atoms with Crippen molar-refractivity contribution in [1.29, 1.82) is 0 Å². The van der Waals surface area contributed by atoms with E-state index in [1.807, 2.05) is 41.8 Å². The minimum absolute atomic E-state index is 0.643. The zero-order chi connectivity index (χ0) is 23.6. The number of hydrogen-bond donors (Lipinski definition) is 0. The highest BCUT2D eigenvalue weighted by molar-refractivity contribution is 7.26. The van der Waals surface area contributed by atoms with Gasteiger partial charge in [0.05, 0.1) is 32.5 Å². The van der Waals surface area contributed by atoms with Crippen LogP contribution in [0.3, 0.4) is 0 Å². The summed E-state index contributed by atoms with van der Waals surface area (Å²) in [4.78, 5) is 19.0. The van der Waals surface area contributed by atoms with Gasteiger partial charge in [-0.2, -0.15) is 0 Å². The molecule has 0 aliphatic heterocycles. The van der Waals surface area contributed by atoms with E-state index < -0.39 is 0 Å². The third kappa shape index (κ3) is 2.76. The second-order valence-corrected chi connectivity index (χ2v) is 9.85. The molecule has 0 aliphatic rings. The van der Waals surface area contributed by atoms with E-state index in [4.69, 9.17) is 9.97 Å². The summed E-state index contributed by atoms with van der Waals surface area (Å²) in [7, 11) is 0. The highest BCUT2D eigenvalue weighted by atomic mass is 32.1. The van der Waals surface area contributed by atoms with Gasteiger partial charge in [-0.05, 0) is 24.3 Å². The first-order valence-corrected chi connectivity index (χ1v) is 12.5. The number of rotatable bonds is 2. The molecule has 4 heterocycles. The molecule has 0 radical (unpaired) electrons. The molecule has 0 N–H and O–H groups in total. The zero-order valence-corrected chi connectivity index (χ0v) is 19.8. The number of benzene rings is 4. The first kappa shape index (κ1) is 19.6. The SMILES string of the molecule is c1ccc(-c2ccnc(-n3c4cc5nccnc5cc4c4ccc5c6ccccc6sc5c43)n2)cc1. The van der Waals surface area contributed by atoms with Crippen molar-refractivity contribution in [2.45, 2.75) is 0 Å². The van der Waals surface area contributed by atoms with E-state index in [0.717, 1.165) is 44.1 Å². The van der Waals surface area contributed by atoms with Crippen LogP contribution in [-0.4, -0.2) is 24.5 Å². The number of fused-ring (bicyclic) bond motifs is 8. The standard InChI is InChI=1S/C30H17N5S/c1-2-6-18(7-3-1)23-12-13-33-30(34-23)35-26-17-25-24(31-14-15-32-25)16-22(26)20-10-11-21-19-8-4-5-9-27(19)36-29(21)28(20)35/h1-17H. The Hall–Kier alpha value is -4.68. The van der Waals surface area contributed by atoms with Crippen LogP contribution in [0.5, 0.6) is 0 Å². The maximum atomic E-state index is 5.05. The molecule has 0 fully saturated rings. The maximum Gasteiger partial charge on any atom is 0.235 e. The predicted molar refractivity (Wildman–Crippen MR) is 148 cm³/mol. The van der Waals surface area contributed by atoms with Crippen LogP contribution < -0.4 is 0 Å². The predicted octanol–water partition coefficient (Wildman–Crippen LogP) is 7.55. The summed E-state index contributed by atoms with van der Waals surface area (Å²) in [5.41, 5.74) is 5.81. The van der Waals surface area contributed by atoms with Crippen molar-refractivity contribution in [3.63, 3.8) is 0 Å². The van der Waals surface area contributed by atoms with Gasteiger partial charge in [0.1, 0.15) is 0 Å². The van der Waals surface area contributed by atoms with Crippen molar-refractivity contribution in [3.8, 4) is 17.2 Å². The van der Waals surface area contributed by atoms with Gasteiger partial charge in [-0.15, -0.1) is 11.3 Å². The molecular weight excluding hydrogens is 462 g/mol. The lowest BCUT2D eigenvalue weighted by atomic mass is 10.1. The summed E-state index contributed by atoms with van der Waals surface area (Å²) in [6.07, 6.45) is 5.32. The highest BCUT2D eigenvalue weighted by Crippen LogP contribution is 2.43. The fourth-order valence-electron chi connectivity index (χ4n) is 5.17. The molecule has 0 saturated heterocycles. The number of aromatic nitrogens is 5. The Morgan fingerprint density at radius 2 is 1.39 bits per heavy atom. The number of thiophene rings is 1. The van der Waals surface area contributed by atoms with E-state index in [0.29, 0.717) is 5.95 Å². The smallest absolute Gasteiger partial charge is 0.235 e. The van der Waals surface area contributed by atoms with Gasteiger partial charge < -0.3 is 0 Å². The van der Waals surface area contributed by atoms with Crippen LogP contribution in [0.25, 0.3) is 70.2 Å². The van der Waals surface area contributed by atoms with E-state index in [-0.39, 0.29) is 0 Å². The van der Waals surface area contributed by atoms with Gasteiger partial charge in [-0.25, -0.2) is 9.97 Å². The quantitative estimate of drug-likeness (QED) is 0.257. The van der Waals surface area contributed by atoms with Gasteiger partial charge in [-0.1, -0.05) is 60.7 Å². The van der Waals surface area contributed by atoms with Crippen molar-refractivity contribution >= 4 is 64.3 Å². The molecule has 8 rings (SSSR count). The van der Waals surface area contributed by atoms with E-state index in [2.05, 4.69) is 75.2 Å². The van der Waals surface area contributed by atoms with E-state index in [1.54, 1.807) is 12.4 Å². The van der Waals surface area contributed by atoms with Crippen molar-refractivity contribution in [2.75, 3.05) is 0 Å². The molecule has 0 spiro atoms. The van der Waals surface area contributed by atoms with Gasteiger partial charge >= 0.3 is 0 Å². The molecule has 0 bridgehead atoms. The summed E-state index contributed by atoms with van der Waals surface area (Å²) in [6.45, 7) is 0. The third-order valence-electron chi connectivity index (χ3n) is 6.77. The fraction of sp³-hybridized carbons (Fsp3) is 0. The third-order valence-corrected chi connectivity index (χ3v) is 7.97. The van der Waals surface area contributed by atoms with Crippen LogP contribution >= 0.6 is 11.3 Å². The van der Waals surface area contributed by atoms with Crippen molar-refractivity contribution in [3.05, 3.63) is 104 Å². The number of nitrogens with zero attached hydrogens (tertiary/aromatic N) is 5. The van der Waals surface area contributed by atoms with Crippen LogP contribution in [0.1, 0.15) is 0 Å². The Balaban J connectivity index is 1.56. The summed E-state index contributed by atoms with van der Waals surface area (Å²) in [5, 5.41) is 4.78. The van der Waals surface area contributed by atoms with E-state index in [1.165, 1.54) is 20.2 Å². The molecule has 4 aromatic carbocycles. The minimum atomic E-state index is 0.643. The second-order valence-electron chi connectivity index (χ2n) is 8.79. The largest absolute Gasteiger partial charge is 0.276 e. The van der Waals surface area contributed by atoms with Gasteiger partial charge in [0.15, 0.2) is 0 Å². The zero-order valence-electron chi connectivity index (χ0n) is 19.0. The average molecular weight is 480 g/mol. The van der Waals surface area contributed by atoms with Crippen molar-refractivity contribution in [2.24, 2.45) is 0 Å². The molecule has 4 aromatic heterocycles. The van der Waals surface area contributed by atoms with Gasteiger partial charge in [0, 0.05) is 50.4 Å². The Kier molecular flexibility index (Phi) is 4.03. The van der Waals surface area contributed by atoms with E-state index >= 15 is 0 Å². The molecule has 0 unspecified atom stereocenters. The van der Waals surface area contributed by atoms with Gasteiger partial charge in [-0.3, -0.25) is 14.5 Å². The molecule has 0 saturated carbocycles. The Morgan fingerprint density at radius 3 is 2.28 bits per heavy atom. The first-order chi connectivity index (χ1) is 17.8. The molecule has 0 amide bonds. The van der Waals surface area contributed by atoms with Crippen LogP contribution in [0.15, 0.2) is 104 Å². The van der Waals surface area contributed by atoms with E-state index in [9.17, 15) is 0 Å². The lowest BCUT2D eigenvalue weighted by molar-refractivity contribution is 0.995. The van der Waals surface area contributed by atoms with Crippen LogP contribution in [-0.2, 0) is 0 Å². The summed E-state index contributed by atoms with van der Waals surface area (Å²) in [5.74, 6) is 0.643. The minimum Gasteiger partial charge on any atom is -0.276 e. The molecular formula is C30H17N5S. The lowest BCUT2D eigenvalue weighted by Crippen LogP contribution is -2.02. The Bertz CT molecular complexity index is 2100. The van der Waals surface area contributed by atoms with Crippen LogP contribution in [0.4, 0.5) is 0 Å². The van der Waals surface area contributed by atoms with Gasteiger partial charge in [0.2, 0.25) is 5.95 Å². The molecule has 8 aromatic rings. The lowest BCUT2D eigenvalue weighted by Gasteiger charge is -2.09. The molecule has 36 heavy (non-hydrogen) atoms. The molecule has 5 nitrogen and oxygen atoms in total. The van der Waals surface area contributed by atoms with Crippen LogP contribution in [0, 0.1) is 0 Å². The van der Waals surface area contributed by atoms with Crippen LogP contribution in [0.2, 0.25) is 0 Å². The van der Waals surface area contributed by atoms with Crippen molar-refractivity contribution < 1.29 is 0 Å². The second kappa shape index (κ2) is 7.41. The molecule has 6 heteroatoms. The topological polar surface area (TPSA) is 56.5 Å². The summed E-state index contributed by atoms with van der Waals surface area (Å²) in [6, 6.07) is 29.5. The molecule has 168 valence electrons. The molecule has 0 atom stereocenters. The Labute approximate surface area is 209 Å². The highest BCUT2D eigenvalue weighted by Gasteiger charge is 2.20. The fourth-order valence-corrected chi connectivity index (χ4v) is 6.41. The maximum absolute atomic E-state index is 5.05. The monoisotopic (exact) mass is 479 g/mol. The Morgan fingerprint density at radius 1 is 0.611 bits per heavy atom. The van der Waals surface area contributed by atoms with Gasteiger partial charge in [0.25, 0.3) is 0 Å². The number of hydrogen-bond acceptors (Lipinski definition) is 5. The summed E-state index contributed by atoms with van der Waals surface area (Å²) >= 11 is 1.81. The molecule has 0 aliphatic carbocycles. The first-order valence-electron chi connectivity index (χ1n) is 11.7. The summed E-state index contributed by atoms with van der Waals surface area (Å²) < 4.78 is 4.69. The normalized spacial score (nSPS) is 11.9. The van der Waals surface area contributed by atoms with Crippen molar-refractivity contribution in [1.82, 2.24) is 24.5 Å².